The van der Waals surface area contributed by atoms with Gasteiger partial charge in [0.25, 0.3) is 0 Å². The number of rotatable bonds is 6. The van der Waals surface area contributed by atoms with Crippen molar-refractivity contribution in [3.63, 3.8) is 0 Å². The minimum absolute atomic E-state index is 0.345. The fourth-order valence-corrected chi connectivity index (χ4v) is 2.42. The molecule has 2 aromatic rings. The van der Waals surface area contributed by atoms with Gasteiger partial charge in [0.05, 0.1) is 12.2 Å². The normalized spacial score (nSPS) is 13.9. The second kappa shape index (κ2) is 6.10. The minimum Gasteiger partial charge on any atom is -0.358 e. The molecule has 2 heterocycles. The van der Waals surface area contributed by atoms with E-state index in [1.807, 2.05) is 13.8 Å². The SMILES string of the molecule is CCc1nnc(NCc2nc(C3CC3)no2)c(C#N)c1CC. The summed E-state index contributed by atoms with van der Waals surface area (Å²) in [5, 5.41) is 24.8. The minimum atomic E-state index is 0.345. The van der Waals surface area contributed by atoms with E-state index >= 15 is 0 Å². The number of aromatic nitrogens is 4. The van der Waals surface area contributed by atoms with Gasteiger partial charge in [0.15, 0.2) is 11.6 Å². The average molecular weight is 298 g/mol. The van der Waals surface area contributed by atoms with Crippen molar-refractivity contribution in [1.82, 2.24) is 20.3 Å². The third kappa shape index (κ3) is 2.77. The highest BCUT2D eigenvalue weighted by atomic mass is 16.5. The summed E-state index contributed by atoms with van der Waals surface area (Å²) in [6.45, 7) is 4.37. The zero-order valence-electron chi connectivity index (χ0n) is 12.8. The maximum atomic E-state index is 9.42. The van der Waals surface area contributed by atoms with Gasteiger partial charge in [0.2, 0.25) is 5.89 Å². The molecule has 114 valence electrons. The van der Waals surface area contributed by atoms with Gasteiger partial charge in [-0.3, -0.25) is 0 Å². The Labute approximate surface area is 128 Å². The molecule has 0 aromatic carbocycles. The first-order valence-corrected chi connectivity index (χ1v) is 7.61. The standard InChI is InChI=1S/C15H18N6O/c1-3-10-11(7-16)15(20-19-12(10)4-2)17-8-13-18-14(21-22-13)9-5-6-9/h9H,3-6,8H2,1-2H3,(H,17,20). The molecule has 0 saturated heterocycles. The quantitative estimate of drug-likeness (QED) is 0.873. The highest BCUT2D eigenvalue weighted by Gasteiger charge is 2.28. The summed E-state index contributed by atoms with van der Waals surface area (Å²) in [5.74, 6) is 2.22. The van der Waals surface area contributed by atoms with Gasteiger partial charge >= 0.3 is 0 Å². The van der Waals surface area contributed by atoms with E-state index in [4.69, 9.17) is 4.52 Å². The average Bonchev–Trinajstić information content (AvgIpc) is 3.30. The Morgan fingerprint density at radius 2 is 2.09 bits per heavy atom. The zero-order valence-corrected chi connectivity index (χ0v) is 12.8. The first-order chi connectivity index (χ1) is 10.8. The number of anilines is 1. The molecule has 3 rings (SSSR count). The van der Waals surface area contributed by atoms with E-state index in [0.29, 0.717) is 29.7 Å². The molecule has 1 saturated carbocycles. The number of nitriles is 1. The van der Waals surface area contributed by atoms with E-state index in [1.165, 1.54) is 0 Å². The fraction of sp³-hybridized carbons (Fsp3) is 0.533. The van der Waals surface area contributed by atoms with Gasteiger partial charge in [-0.25, -0.2) is 0 Å². The van der Waals surface area contributed by atoms with Crippen molar-refractivity contribution >= 4 is 5.82 Å². The third-order valence-electron chi connectivity index (χ3n) is 3.79. The second-order valence-corrected chi connectivity index (χ2v) is 5.34. The van der Waals surface area contributed by atoms with Gasteiger partial charge in [-0.1, -0.05) is 19.0 Å². The van der Waals surface area contributed by atoms with E-state index in [9.17, 15) is 5.26 Å². The second-order valence-electron chi connectivity index (χ2n) is 5.34. The maximum Gasteiger partial charge on any atom is 0.245 e. The van der Waals surface area contributed by atoms with Crippen LogP contribution in [0.15, 0.2) is 4.52 Å². The largest absolute Gasteiger partial charge is 0.358 e. The van der Waals surface area contributed by atoms with E-state index in [1.54, 1.807) is 0 Å². The van der Waals surface area contributed by atoms with Gasteiger partial charge in [-0.15, -0.1) is 5.10 Å². The summed E-state index contributed by atoms with van der Waals surface area (Å²) < 4.78 is 5.21. The lowest BCUT2D eigenvalue weighted by Crippen LogP contribution is -2.10. The Morgan fingerprint density at radius 1 is 1.27 bits per heavy atom. The van der Waals surface area contributed by atoms with Crippen molar-refractivity contribution in [2.24, 2.45) is 0 Å². The van der Waals surface area contributed by atoms with Crippen molar-refractivity contribution in [2.45, 2.75) is 52.0 Å². The van der Waals surface area contributed by atoms with Crippen LogP contribution in [0.1, 0.15) is 61.1 Å². The highest BCUT2D eigenvalue weighted by molar-refractivity contribution is 5.56. The fourth-order valence-electron chi connectivity index (χ4n) is 2.42. The maximum absolute atomic E-state index is 9.42. The molecule has 2 aromatic heterocycles. The van der Waals surface area contributed by atoms with E-state index in [2.05, 4.69) is 31.7 Å². The van der Waals surface area contributed by atoms with Crippen molar-refractivity contribution in [2.75, 3.05) is 5.32 Å². The highest BCUT2D eigenvalue weighted by Crippen LogP contribution is 2.38. The molecule has 0 unspecified atom stereocenters. The summed E-state index contributed by atoms with van der Waals surface area (Å²) >= 11 is 0. The number of aryl methyl sites for hydroxylation is 1. The van der Waals surface area contributed by atoms with Gasteiger partial charge in [-0.2, -0.15) is 15.3 Å². The molecule has 22 heavy (non-hydrogen) atoms. The molecular formula is C15H18N6O. The first-order valence-electron chi connectivity index (χ1n) is 7.61. The summed E-state index contributed by atoms with van der Waals surface area (Å²) in [6.07, 6.45) is 3.78. The molecule has 0 amide bonds. The summed E-state index contributed by atoms with van der Waals surface area (Å²) in [6, 6.07) is 2.23. The topological polar surface area (TPSA) is 101 Å². The van der Waals surface area contributed by atoms with Gasteiger partial charge in [0.1, 0.15) is 11.6 Å². The van der Waals surface area contributed by atoms with Gasteiger partial charge < -0.3 is 9.84 Å². The Kier molecular flexibility index (Phi) is 4.00. The molecule has 0 spiro atoms. The van der Waals surface area contributed by atoms with Crippen molar-refractivity contribution in [1.29, 1.82) is 5.26 Å². The lowest BCUT2D eigenvalue weighted by molar-refractivity contribution is 0.377. The molecule has 7 heteroatoms. The van der Waals surface area contributed by atoms with E-state index < -0.39 is 0 Å². The molecule has 0 aliphatic heterocycles. The van der Waals surface area contributed by atoms with Crippen LogP contribution < -0.4 is 5.32 Å². The molecular weight excluding hydrogens is 280 g/mol. The van der Waals surface area contributed by atoms with Crippen LogP contribution >= 0.6 is 0 Å². The zero-order chi connectivity index (χ0) is 15.5. The number of nitrogens with zero attached hydrogens (tertiary/aromatic N) is 5. The van der Waals surface area contributed by atoms with Gasteiger partial charge in [0, 0.05) is 5.92 Å². The molecule has 0 bridgehead atoms. The molecule has 1 aliphatic carbocycles. The van der Waals surface area contributed by atoms with E-state index in [0.717, 1.165) is 42.8 Å². The van der Waals surface area contributed by atoms with Crippen LogP contribution in [-0.2, 0) is 19.4 Å². The van der Waals surface area contributed by atoms with Crippen LogP contribution in [0, 0.1) is 11.3 Å². The Balaban J connectivity index is 1.77. The van der Waals surface area contributed by atoms with Crippen LogP contribution in [-0.4, -0.2) is 20.3 Å². The van der Waals surface area contributed by atoms with Crippen molar-refractivity contribution in [3.8, 4) is 6.07 Å². The van der Waals surface area contributed by atoms with Gasteiger partial charge in [-0.05, 0) is 31.2 Å². The third-order valence-corrected chi connectivity index (χ3v) is 3.79. The smallest absolute Gasteiger partial charge is 0.245 e. The van der Waals surface area contributed by atoms with Crippen LogP contribution in [0.3, 0.4) is 0 Å². The van der Waals surface area contributed by atoms with Crippen LogP contribution in [0.4, 0.5) is 5.82 Å². The first kappa shape index (κ1) is 14.4. The number of hydrogen-bond donors (Lipinski definition) is 1. The Morgan fingerprint density at radius 3 is 2.73 bits per heavy atom. The Bertz CT molecular complexity index is 713. The lowest BCUT2D eigenvalue weighted by Gasteiger charge is -2.10. The van der Waals surface area contributed by atoms with E-state index in [-0.39, 0.29) is 0 Å². The Hall–Kier alpha value is -2.49. The summed E-state index contributed by atoms with van der Waals surface area (Å²) in [4.78, 5) is 4.35. The van der Waals surface area contributed by atoms with Crippen LogP contribution in [0.5, 0.6) is 0 Å². The van der Waals surface area contributed by atoms with Crippen molar-refractivity contribution < 1.29 is 4.52 Å². The molecule has 0 atom stereocenters. The summed E-state index contributed by atoms with van der Waals surface area (Å²) in [7, 11) is 0. The number of nitrogens with one attached hydrogen (secondary N) is 1. The predicted molar refractivity (Wildman–Crippen MR) is 79.1 cm³/mol. The molecule has 7 nitrogen and oxygen atoms in total. The van der Waals surface area contributed by atoms with Crippen molar-refractivity contribution in [3.05, 3.63) is 28.5 Å². The predicted octanol–water partition coefficient (Wildman–Crippen LogP) is 2.35. The van der Waals surface area contributed by atoms with Crippen LogP contribution in [0.25, 0.3) is 0 Å². The molecule has 1 N–H and O–H groups in total. The summed E-state index contributed by atoms with van der Waals surface area (Å²) in [5.41, 5.74) is 2.38. The molecule has 1 fully saturated rings. The lowest BCUT2D eigenvalue weighted by atomic mass is 10.0. The van der Waals surface area contributed by atoms with Crippen LogP contribution in [0.2, 0.25) is 0 Å². The molecule has 1 aliphatic rings. The molecule has 0 radical (unpaired) electrons. The number of hydrogen-bond acceptors (Lipinski definition) is 7. The monoisotopic (exact) mass is 298 g/mol.